The number of nitrogens with zero attached hydrogens (tertiary/aromatic N) is 1. The third-order valence-electron chi connectivity index (χ3n) is 4.44. The van der Waals surface area contributed by atoms with E-state index in [-0.39, 0.29) is 0 Å². The number of likely N-dealkylation sites (tertiary alicyclic amines) is 1. The van der Waals surface area contributed by atoms with Gasteiger partial charge in [-0.2, -0.15) is 0 Å². The third kappa shape index (κ3) is 5.37. The Morgan fingerprint density at radius 1 is 1.26 bits per heavy atom. The maximum absolute atomic E-state index is 10.2. The Morgan fingerprint density at radius 2 is 2.09 bits per heavy atom. The zero-order valence-corrected chi connectivity index (χ0v) is 14.5. The average molecular weight is 323 g/mol. The molecule has 0 unspecified atom stereocenters. The van der Waals surface area contributed by atoms with E-state index in [2.05, 4.69) is 11.8 Å². The second-order valence-corrected chi connectivity index (χ2v) is 6.19. The Bertz CT molecular complexity index is 480. The van der Waals surface area contributed by atoms with E-state index >= 15 is 0 Å². The number of ether oxygens (including phenoxy) is 3. The molecule has 5 heteroatoms. The van der Waals surface area contributed by atoms with Gasteiger partial charge in [-0.15, -0.1) is 0 Å². The molecule has 130 valence electrons. The van der Waals surface area contributed by atoms with Crippen molar-refractivity contribution in [3.63, 3.8) is 0 Å². The summed E-state index contributed by atoms with van der Waals surface area (Å²) in [6, 6.07) is 6.17. The van der Waals surface area contributed by atoms with Crippen molar-refractivity contribution in [2.75, 3.05) is 33.9 Å². The molecule has 1 aliphatic heterocycles. The van der Waals surface area contributed by atoms with Crippen LogP contribution in [0.15, 0.2) is 18.2 Å². The van der Waals surface area contributed by atoms with E-state index in [1.807, 2.05) is 18.2 Å². The Morgan fingerprint density at radius 3 is 2.78 bits per heavy atom. The van der Waals surface area contributed by atoms with Gasteiger partial charge in [0.15, 0.2) is 0 Å². The van der Waals surface area contributed by atoms with Crippen LogP contribution in [0.4, 0.5) is 0 Å². The monoisotopic (exact) mass is 323 g/mol. The molecule has 0 radical (unpaired) electrons. The first-order chi connectivity index (χ1) is 11.1. The van der Waals surface area contributed by atoms with Gasteiger partial charge in [0.1, 0.15) is 11.5 Å². The summed E-state index contributed by atoms with van der Waals surface area (Å²) in [7, 11) is 3.27. The Kier molecular flexibility index (Phi) is 7.15. The smallest absolute Gasteiger partial charge is 0.124 e. The fourth-order valence-electron chi connectivity index (χ4n) is 3.05. The van der Waals surface area contributed by atoms with Crippen molar-refractivity contribution in [3.8, 4) is 11.5 Å². The molecular formula is C18H29NO4. The summed E-state index contributed by atoms with van der Waals surface area (Å²) in [4.78, 5) is 2.35. The van der Waals surface area contributed by atoms with Crippen LogP contribution in [-0.2, 0) is 11.3 Å². The molecule has 1 fully saturated rings. The molecule has 0 saturated carbocycles. The van der Waals surface area contributed by atoms with Gasteiger partial charge in [0.05, 0.1) is 33.5 Å². The molecule has 0 aromatic heterocycles. The van der Waals surface area contributed by atoms with Gasteiger partial charge in [0.2, 0.25) is 0 Å². The van der Waals surface area contributed by atoms with E-state index in [1.54, 1.807) is 14.2 Å². The van der Waals surface area contributed by atoms with E-state index in [0.29, 0.717) is 25.8 Å². The lowest BCUT2D eigenvalue weighted by molar-refractivity contribution is -0.00180. The number of aliphatic hydroxyl groups is 1. The summed E-state index contributed by atoms with van der Waals surface area (Å²) in [5.74, 6) is 1.54. The van der Waals surface area contributed by atoms with E-state index in [0.717, 1.165) is 23.6 Å². The summed E-state index contributed by atoms with van der Waals surface area (Å²) in [6.07, 6.45) is 3.26. The Balaban J connectivity index is 1.79. The number of hydrogen-bond donors (Lipinski definition) is 1. The first kappa shape index (κ1) is 18.0. The maximum atomic E-state index is 10.2. The number of methoxy groups -OCH3 is 2. The molecule has 0 spiro atoms. The normalized spacial score (nSPS) is 20.3. The average Bonchev–Trinajstić information content (AvgIpc) is 2.57. The van der Waals surface area contributed by atoms with Gasteiger partial charge in [0.25, 0.3) is 0 Å². The summed E-state index contributed by atoms with van der Waals surface area (Å²) >= 11 is 0. The van der Waals surface area contributed by atoms with Crippen LogP contribution in [-0.4, -0.2) is 56.1 Å². The standard InChI is InChI=1S/C18H29NO4/c1-14-6-4-5-9-19(14)11-16(20)13-23-12-15-10-17(21-2)7-8-18(15)22-3/h7-8,10,14,16,20H,4-6,9,11-13H2,1-3H3/t14-,16-/m1/s1. The van der Waals surface area contributed by atoms with Gasteiger partial charge in [-0.3, -0.25) is 4.90 Å². The molecule has 1 saturated heterocycles. The molecule has 2 rings (SSSR count). The lowest BCUT2D eigenvalue weighted by Gasteiger charge is -2.34. The molecule has 1 heterocycles. The van der Waals surface area contributed by atoms with Crippen LogP contribution in [0.5, 0.6) is 11.5 Å². The molecule has 1 aliphatic rings. The molecule has 0 amide bonds. The van der Waals surface area contributed by atoms with Gasteiger partial charge in [-0.25, -0.2) is 0 Å². The predicted octanol–water partition coefficient (Wildman–Crippen LogP) is 2.46. The number of piperidine rings is 1. The number of β-amino-alcohol motifs (C(OH)–C–C–N with tert-alkyl or cyclic N) is 1. The van der Waals surface area contributed by atoms with Crippen LogP contribution in [0.1, 0.15) is 31.7 Å². The van der Waals surface area contributed by atoms with E-state index in [9.17, 15) is 5.11 Å². The fourth-order valence-corrected chi connectivity index (χ4v) is 3.05. The van der Waals surface area contributed by atoms with Crippen molar-refractivity contribution in [1.82, 2.24) is 4.90 Å². The second-order valence-electron chi connectivity index (χ2n) is 6.19. The van der Waals surface area contributed by atoms with E-state index in [4.69, 9.17) is 14.2 Å². The van der Waals surface area contributed by atoms with Crippen molar-refractivity contribution in [1.29, 1.82) is 0 Å². The minimum atomic E-state index is -0.466. The summed E-state index contributed by atoms with van der Waals surface area (Å²) < 4.78 is 16.2. The van der Waals surface area contributed by atoms with Crippen molar-refractivity contribution >= 4 is 0 Å². The second kappa shape index (κ2) is 9.11. The van der Waals surface area contributed by atoms with Gasteiger partial charge >= 0.3 is 0 Å². The zero-order chi connectivity index (χ0) is 16.7. The van der Waals surface area contributed by atoms with Crippen LogP contribution in [0.25, 0.3) is 0 Å². The quantitative estimate of drug-likeness (QED) is 0.796. The number of aliphatic hydroxyl groups excluding tert-OH is 1. The molecule has 0 bridgehead atoms. The van der Waals surface area contributed by atoms with Gasteiger partial charge in [-0.1, -0.05) is 6.42 Å². The summed E-state index contributed by atoms with van der Waals surface area (Å²) in [5.41, 5.74) is 0.922. The van der Waals surface area contributed by atoms with Gasteiger partial charge in [0, 0.05) is 18.2 Å². The first-order valence-electron chi connectivity index (χ1n) is 8.34. The Hall–Kier alpha value is -1.30. The highest BCUT2D eigenvalue weighted by molar-refractivity contribution is 5.39. The van der Waals surface area contributed by atoms with Crippen LogP contribution in [0.2, 0.25) is 0 Å². The molecular weight excluding hydrogens is 294 g/mol. The number of hydrogen-bond acceptors (Lipinski definition) is 5. The highest BCUT2D eigenvalue weighted by Gasteiger charge is 2.20. The topological polar surface area (TPSA) is 51.2 Å². The molecule has 0 aliphatic carbocycles. The molecule has 2 atom stereocenters. The molecule has 1 aromatic carbocycles. The Labute approximate surface area is 139 Å². The lowest BCUT2D eigenvalue weighted by Crippen LogP contribution is -2.43. The van der Waals surface area contributed by atoms with Crippen LogP contribution in [0, 0.1) is 0 Å². The molecule has 1 N–H and O–H groups in total. The fraction of sp³-hybridized carbons (Fsp3) is 0.667. The van der Waals surface area contributed by atoms with Crippen molar-refractivity contribution in [3.05, 3.63) is 23.8 Å². The zero-order valence-electron chi connectivity index (χ0n) is 14.5. The predicted molar refractivity (Wildman–Crippen MR) is 90.1 cm³/mol. The SMILES string of the molecule is COc1ccc(OC)c(COC[C@H](O)CN2CCCC[C@H]2C)c1. The maximum Gasteiger partial charge on any atom is 0.124 e. The highest BCUT2D eigenvalue weighted by atomic mass is 16.5. The van der Waals surface area contributed by atoms with E-state index in [1.165, 1.54) is 19.3 Å². The third-order valence-corrected chi connectivity index (χ3v) is 4.44. The largest absolute Gasteiger partial charge is 0.497 e. The summed E-state index contributed by atoms with van der Waals surface area (Å²) in [6.45, 7) is 4.70. The molecule has 23 heavy (non-hydrogen) atoms. The van der Waals surface area contributed by atoms with Gasteiger partial charge < -0.3 is 19.3 Å². The molecule has 1 aromatic rings. The van der Waals surface area contributed by atoms with Crippen LogP contribution >= 0.6 is 0 Å². The minimum Gasteiger partial charge on any atom is -0.497 e. The minimum absolute atomic E-state index is 0.323. The van der Waals surface area contributed by atoms with Crippen molar-refractivity contribution in [2.24, 2.45) is 0 Å². The van der Waals surface area contributed by atoms with Crippen molar-refractivity contribution < 1.29 is 19.3 Å². The number of rotatable bonds is 8. The molecule has 5 nitrogen and oxygen atoms in total. The van der Waals surface area contributed by atoms with Crippen molar-refractivity contribution in [2.45, 2.75) is 44.9 Å². The lowest BCUT2D eigenvalue weighted by atomic mass is 10.0. The first-order valence-corrected chi connectivity index (χ1v) is 8.34. The van der Waals surface area contributed by atoms with Gasteiger partial charge in [-0.05, 0) is 44.5 Å². The summed E-state index contributed by atoms with van der Waals surface area (Å²) in [5, 5.41) is 10.2. The van der Waals surface area contributed by atoms with E-state index < -0.39 is 6.10 Å². The van der Waals surface area contributed by atoms with Crippen LogP contribution < -0.4 is 9.47 Å². The highest BCUT2D eigenvalue weighted by Crippen LogP contribution is 2.24. The number of benzene rings is 1. The van der Waals surface area contributed by atoms with Crippen LogP contribution in [0.3, 0.4) is 0 Å².